The van der Waals surface area contributed by atoms with Gasteiger partial charge in [0.15, 0.2) is 13.1 Å². The van der Waals surface area contributed by atoms with Crippen LogP contribution in [0.15, 0.2) is 53.5 Å². The van der Waals surface area contributed by atoms with E-state index in [1.54, 1.807) is 0 Å². The number of thioether (sulfide) groups is 1. The maximum absolute atomic E-state index is 5.53. The molecule has 1 atom stereocenters. The van der Waals surface area contributed by atoms with Crippen LogP contribution in [0, 0.1) is 5.92 Å². The van der Waals surface area contributed by atoms with Crippen molar-refractivity contribution in [2.24, 2.45) is 5.92 Å². The fraction of sp³-hybridized carbons (Fsp3) is 0.435. The van der Waals surface area contributed by atoms with E-state index in [4.69, 9.17) is 9.47 Å². The third-order valence-corrected chi connectivity index (χ3v) is 8.07. The van der Waals surface area contributed by atoms with E-state index in [0.717, 1.165) is 59.0 Å². The molecule has 2 saturated heterocycles. The van der Waals surface area contributed by atoms with E-state index < -0.39 is 0 Å². The minimum atomic E-state index is 0.437. The lowest BCUT2D eigenvalue weighted by molar-refractivity contribution is -0.546. The van der Waals surface area contributed by atoms with E-state index in [0.29, 0.717) is 5.92 Å². The fourth-order valence-electron chi connectivity index (χ4n) is 4.13. The van der Waals surface area contributed by atoms with E-state index in [9.17, 15) is 0 Å². The van der Waals surface area contributed by atoms with E-state index in [2.05, 4.69) is 58.1 Å². The number of anilines is 1. The maximum Gasteiger partial charge on any atom is 0.239 e. The van der Waals surface area contributed by atoms with E-state index in [-0.39, 0.29) is 0 Å². The number of hydrogen-bond donors (Lipinski definition) is 0. The minimum absolute atomic E-state index is 0.437. The summed E-state index contributed by atoms with van der Waals surface area (Å²) < 4.78 is 13.5. The van der Waals surface area contributed by atoms with Crippen molar-refractivity contribution in [2.45, 2.75) is 6.42 Å². The first-order valence-electron chi connectivity index (χ1n) is 10.4. The van der Waals surface area contributed by atoms with Crippen molar-refractivity contribution in [1.29, 1.82) is 0 Å². The number of thiophene rings is 1. The molecular formula is C23H27N2O2S2+. The Kier molecular flexibility index (Phi) is 6.04. The predicted octanol–water partition coefficient (Wildman–Crippen LogP) is 4.17. The third kappa shape index (κ3) is 4.31. The maximum atomic E-state index is 5.53. The van der Waals surface area contributed by atoms with Crippen LogP contribution in [0.5, 0.6) is 0 Å². The number of hydrogen-bond acceptors (Lipinski definition) is 5. The molecule has 0 aromatic carbocycles. The Bertz CT molecular complexity index is 896. The molecule has 1 aliphatic carbocycles. The molecule has 0 spiro atoms. The van der Waals surface area contributed by atoms with Gasteiger partial charge in [-0.3, -0.25) is 0 Å². The summed E-state index contributed by atoms with van der Waals surface area (Å²) in [7, 11) is 0. The molecule has 0 saturated carbocycles. The van der Waals surface area contributed by atoms with Crippen LogP contribution >= 0.6 is 23.1 Å². The molecule has 4 aliphatic rings. The van der Waals surface area contributed by atoms with Crippen molar-refractivity contribution < 1.29 is 14.0 Å². The zero-order valence-corrected chi connectivity index (χ0v) is 18.2. The smallest absolute Gasteiger partial charge is 0.239 e. The summed E-state index contributed by atoms with van der Waals surface area (Å²) in [6.45, 7) is 7.26. The Hall–Kier alpha value is -1.60. The lowest BCUT2D eigenvalue weighted by atomic mass is 9.91. The molecule has 0 amide bonds. The molecule has 29 heavy (non-hydrogen) atoms. The van der Waals surface area contributed by atoms with Crippen molar-refractivity contribution >= 4 is 38.7 Å². The molecule has 152 valence electrons. The molecule has 1 unspecified atom stereocenters. The number of morpholine rings is 2. The van der Waals surface area contributed by atoms with Crippen LogP contribution in [0.25, 0.3) is 5.57 Å². The predicted molar refractivity (Wildman–Crippen MR) is 123 cm³/mol. The second-order valence-electron chi connectivity index (χ2n) is 7.54. The van der Waals surface area contributed by atoms with Crippen LogP contribution in [0.4, 0.5) is 5.00 Å². The van der Waals surface area contributed by atoms with Crippen LogP contribution in [-0.4, -0.2) is 62.2 Å². The van der Waals surface area contributed by atoms with Crippen LogP contribution < -0.4 is 4.90 Å². The van der Waals surface area contributed by atoms with Crippen LogP contribution in [0.3, 0.4) is 0 Å². The summed E-state index contributed by atoms with van der Waals surface area (Å²) in [4.78, 5) is 5.25. The average Bonchev–Trinajstić information content (AvgIpc) is 3.47. The number of nitrogens with zero attached hydrogens (tertiary/aromatic N) is 2. The topological polar surface area (TPSA) is 24.7 Å². The Morgan fingerprint density at radius 2 is 1.83 bits per heavy atom. The highest BCUT2D eigenvalue weighted by Crippen LogP contribution is 2.44. The molecule has 3 aliphatic heterocycles. The molecule has 5 rings (SSSR count). The lowest BCUT2D eigenvalue weighted by Crippen LogP contribution is -2.35. The summed E-state index contributed by atoms with van der Waals surface area (Å²) >= 11 is 3.86. The van der Waals surface area contributed by atoms with Gasteiger partial charge in [0.2, 0.25) is 5.04 Å². The monoisotopic (exact) mass is 427 g/mol. The first kappa shape index (κ1) is 19.4. The second-order valence-corrected chi connectivity index (χ2v) is 9.67. The van der Waals surface area contributed by atoms with Gasteiger partial charge in [-0.2, -0.15) is 0 Å². The van der Waals surface area contributed by atoms with Gasteiger partial charge in [0.05, 0.1) is 18.2 Å². The molecule has 1 aromatic heterocycles. The van der Waals surface area contributed by atoms with Crippen LogP contribution in [0.1, 0.15) is 11.3 Å². The molecule has 0 N–H and O–H groups in total. The number of rotatable bonds is 3. The van der Waals surface area contributed by atoms with Gasteiger partial charge in [-0.1, -0.05) is 24.3 Å². The first-order valence-corrected chi connectivity index (χ1v) is 12.1. The van der Waals surface area contributed by atoms with Crippen molar-refractivity contribution in [1.82, 2.24) is 0 Å². The molecule has 1 aromatic rings. The Morgan fingerprint density at radius 1 is 1.00 bits per heavy atom. The molecule has 0 bridgehead atoms. The Balaban J connectivity index is 1.47. The number of allylic oxidation sites excluding steroid dienone is 6. The Morgan fingerprint density at radius 3 is 2.62 bits per heavy atom. The van der Waals surface area contributed by atoms with Gasteiger partial charge in [0, 0.05) is 34.9 Å². The molecule has 6 heteroatoms. The molecule has 4 heterocycles. The third-order valence-electron chi connectivity index (χ3n) is 5.71. The molecule has 4 nitrogen and oxygen atoms in total. The highest BCUT2D eigenvalue weighted by atomic mass is 32.2. The highest BCUT2D eigenvalue weighted by Gasteiger charge is 2.27. The summed E-state index contributed by atoms with van der Waals surface area (Å²) in [5.41, 5.74) is 1.47. The van der Waals surface area contributed by atoms with E-state index in [1.165, 1.54) is 25.4 Å². The quantitative estimate of drug-likeness (QED) is 0.676. The largest absolute Gasteiger partial charge is 0.378 e. The average molecular weight is 428 g/mol. The standard InChI is InChI=1S/C23H27N2O2S2/c1-2-4-18(5-3-1)23(19-6-8-21(28-19)24-10-14-26-15-11-24)20-7-9-22(29-20)25-12-16-27-17-13-25/h1-4,6-9,18H,5,10-17H2/q+1. The SMILES string of the molecule is C1=CCC(/C(=C2/C=CC(=[N+]3CCOCC3)S2)c2ccc(N3CCOCC3)s2)C=C1. The van der Waals surface area contributed by atoms with E-state index >= 15 is 0 Å². The van der Waals surface area contributed by atoms with Gasteiger partial charge >= 0.3 is 0 Å². The minimum Gasteiger partial charge on any atom is -0.378 e. The van der Waals surface area contributed by atoms with Gasteiger partial charge in [0.25, 0.3) is 0 Å². The summed E-state index contributed by atoms with van der Waals surface area (Å²) in [6.07, 6.45) is 14.7. The summed E-state index contributed by atoms with van der Waals surface area (Å²) in [6, 6.07) is 4.62. The summed E-state index contributed by atoms with van der Waals surface area (Å²) in [5.74, 6) is 0.437. The highest BCUT2D eigenvalue weighted by molar-refractivity contribution is 8.18. The number of ether oxygens (including phenoxy) is 2. The summed E-state index contributed by atoms with van der Waals surface area (Å²) in [5, 5.41) is 2.72. The van der Waals surface area contributed by atoms with Gasteiger partial charge in [0.1, 0.15) is 13.2 Å². The zero-order valence-electron chi connectivity index (χ0n) is 16.6. The van der Waals surface area contributed by atoms with Crippen molar-refractivity contribution in [3.63, 3.8) is 0 Å². The van der Waals surface area contributed by atoms with Gasteiger partial charge in [-0.25, -0.2) is 4.58 Å². The lowest BCUT2D eigenvalue weighted by Gasteiger charge is -2.27. The van der Waals surface area contributed by atoms with Crippen molar-refractivity contribution in [3.05, 3.63) is 58.4 Å². The molecular weight excluding hydrogens is 400 g/mol. The van der Waals surface area contributed by atoms with E-state index in [1.807, 2.05) is 23.1 Å². The first-order chi connectivity index (χ1) is 14.4. The normalized spacial score (nSPS) is 26.5. The Labute approximate surface area is 180 Å². The molecule has 2 fully saturated rings. The second kappa shape index (κ2) is 9.04. The zero-order chi connectivity index (χ0) is 19.5. The molecule has 0 radical (unpaired) electrons. The van der Waals surface area contributed by atoms with Gasteiger partial charge in [-0.05, 0) is 42.0 Å². The van der Waals surface area contributed by atoms with Crippen LogP contribution in [0.2, 0.25) is 0 Å². The van der Waals surface area contributed by atoms with Crippen molar-refractivity contribution in [3.8, 4) is 0 Å². The van der Waals surface area contributed by atoms with Crippen LogP contribution in [-0.2, 0) is 9.47 Å². The van der Waals surface area contributed by atoms with Gasteiger partial charge in [-0.15, -0.1) is 11.3 Å². The van der Waals surface area contributed by atoms with Gasteiger partial charge < -0.3 is 14.4 Å². The fourth-order valence-corrected chi connectivity index (χ4v) is 6.56. The van der Waals surface area contributed by atoms with Crippen molar-refractivity contribution in [2.75, 3.05) is 57.5 Å².